The van der Waals surface area contributed by atoms with Crippen LogP contribution >= 0.6 is 11.3 Å². The van der Waals surface area contributed by atoms with Gasteiger partial charge in [0.25, 0.3) is 0 Å². The highest BCUT2D eigenvalue weighted by Gasteiger charge is 2.22. The van der Waals surface area contributed by atoms with E-state index in [4.69, 9.17) is 5.73 Å². The van der Waals surface area contributed by atoms with Gasteiger partial charge in [-0.2, -0.15) is 0 Å². The van der Waals surface area contributed by atoms with E-state index in [0.29, 0.717) is 6.54 Å². The van der Waals surface area contributed by atoms with Crippen LogP contribution in [0.5, 0.6) is 0 Å². The number of thiophene rings is 1. The SMILES string of the molecule is CCc1ccc(C(O)C(CN)c2cccnc2)s1. The van der Waals surface area contributed by atoms with Crippen LogP contribution in [0.2, 0.25) is 0 Å². The Morgan fingerprint density at radius 1 is 1.39 bits per heavy atom. The van der Waals surface area contributed by atoms with Crippen molar-refractivity contribution < 1.29 is 5.11 Å². The van der Waals surface area contributed by atoms with Gasteiger partial charge in [0, 0.05) is 34.6 Å². The number of pyridine rings is 1. The summed E-state index contributed by atoms with van der Waals surface area (Å²) in [6.45, 7) is 2.52. The molecule has 3 nitrogen and oxygen atoms in total. The van der Waals surface area contributed by atoms with E-state index in [1.54, 1.807) is 23.7 Å². The second kappa shape index (κ2) is 6.09. The van der Waals surface area contributed by atoms with Gasteiger partial charge in [-0.1, -0.05) is 13.0 Å². The van der Waals surface area contributed by atoms with Gasteiger partial charge < -0.3 is 10.8 Å². The first-order chi connectivity index (χ1) is 8.76. The van der Waals surface area contributed by atoms with Crippen molar-refractivity contribution in [2.45, 2.75) is 25.4 Å². The Hall–Kier alpha value is -1.23. The number of hydrogen-bond donors (Lipinski definition) is 2. The van der Waals surface area contributed by atoms with E-state index in [1.807, 2.05) is 18.2 Å². The number of aliphatic hydroxyl groups excluding tert-OH is 1. The van der Waals surface area contributed by atoms with Crippen LogP contribution in [-0.4, -0.2) is 16.6 Å². The Kier molecular flexibility index (Phi) is 4.47. The fraction of sp³-hybridized carbons (Fsp3) is 0.357. The van der Waals surface area contributed by atoms with Crippen LogP contribution in [0.1, 0.15) is 34.3 Å². The van der Waals surface area contributed by atoms with E-state index in [1.165, 1.54) is 4.88 Å². The summed E-state index contributed by atoms with van der Waals surface area (Å²) < 4.78 is 0. The first-order valence-corrected chi connectivity index (χ1v) is 6.94. The van der Waals surface area contributed by atoms with E-state index in [0.717, 1.165) is 16.9 Å². The largest absolute Gasteiger partial charge is 0.387 e. The first kappa shape index (κ1) is 13.2. The topological polar surface area (TPSA) is 59.1 Å². The molecule has 0 aliphatic carbocycles. The molecule has 0 saturated heterocycles. The van der Waals surface area contributed by atoms with E-state index in [9.17, 15) is 5.11 Å². The van der Waals surface area contributed by atoms with Gasteiger partial charge in [0.05, 0.1) is 6.10 Å². The molecule has 0 fully saturated rings. The Bertz CT molecular complexity index is 484. The lowest BCUT2D eigenvalue weighted by molar-refractivity contribution is 0.151. The summed E-state index contributed by atoms with van der Waals surface area (Å²) in [5.41, 5.74) is 6.78. The van der Waals surface area contributed by atoms with Crippen molar-refractivity contribution in [1.82, 2.24) is 4.98 Å². The van der Waals surface area contributed by atoms with Gasteiger partial charge in [0.15, 0.2) is 0 Å². The molecule has 2 rings (SSSR count). The highest BCUT2D eigenvalue weighted by atomic mass is 32.1. The van der Waals surface area contributed by atoms with E-state index < -0.39 is 6.10 Å². The molecule has 2 atom stereocenters. The summed E-state index contributed by atoms with van der Waals surface area (Å²) in [7, 11) is 0. The average Bonchev–Trinajstić information content (AvgIpc) is 2.89. The minimum atomic E-state index is -0.551. The second-order valence-corrected chi connectivity index (χ2v) is 5.43. The zero-order chi connectivity index (χ0) is 13.0. The maximum atomic E-state index is 10.4. The van der Waals surface area contributed by atoms with E-state index in [-0.39, 0.29) is 5.92 Å². The maximum Gasteiger partial charge on any atom is 0.0963 e. The summed E-state index contributed by atoms with van der Waals surface area (Å²) in [6.07, 6.45) is 3.95. The molecule has 0 amide bonds. The fourth-order valence-corrected chi connectivity index (χ4v) is 2.99. The number of nitrogens with two attached hydrogens (primary N) is 1. The number of aryl methyl sites for hydroxylation is 1. The van der Waals surface area contributed by atoms with Crippen molar-refractivity contribution in [3.63, 3.8) is 0 Å². The summed E-state index contributed by atoms with van der Waals surface area (Å²) in [6, 6.07) is 7.89. The molecule has 0 aliphatic heterocycles. The molecule has 2 aromatic rings. The van der Waals surface area contributed by atoms with Crippen LogP contribution in [0.3, 0.4) is 0 Å². The van der Waals surface area contributed by atoms with Gasteiger partial charge in [0.1, 0.15) is 0 Å². The third-order valence-electron chi connectivity index (χ3n) is 3.07. The highest BCUT2D eigenvalue weighted by molar-refractivity contribution is 7.12. The molecule has 2 aromatic heterocycles. The number of nitrogens with zero attached hydrogens (tertiary/aromatic N) is 1. The summed E-state index contributed by atoms with van der Waals surface area (Å²) in [5, 5.41) is 10.4. The Balaban J connectivity index is 2.22. The molecule has 0 aromatic carbocycles. The molecule has 2 unspecified atom stereocenters. The van der Waals surface area contributed by atoms with Crippen molar-refractivity contribution in [3.8, 4) is 0 Å². The summed E-state index contributed by atoms with van der Waals surface area (Å²) in [4.78, 5) is 6.35. The lowest BCUT2D eigenvalue weighted by Crippen LogP contribution is -2.19. The van der Waals surface area contributed by atoms with Crippen LogP contribution in [-0.2, 0) is 6.42 Å². The Labute approximate surface area is 111 Å². The molecular formula is C14H18N2OS. The molecule has 0 spiro atoms. The van der Waals surface area contributed by atoms with Gasteiger partial charge in [-0.05, 0) is 30.2 Å². The third-order valence-corrected chi connectivity index (χ3v) is 4.37. The van der Waals surface area contributed by atoms with Crippen LogP contribution in [0, 0.1) is 0 Å². The molecule has 18 heavy (non-hydrogen) atoms. The zero-order valence-corrected chi connectivity index (χ0v) is 11.2. The summed E-state index contributed by atoms with van der Waals surface area (Å²) >= 11 is 1.65. The summed E-state index contributed by atoms with van der Waals surface area (Å²) in [5.74, 6) is -0.0953. The second-order valence-electron chi connectivity index (χ2n) is 4.23. The van der Waals surface area contributed by atoms with Gasteiger partial charge in [-0.3, -0.25) is 4.98 Å². The van der Waals surface area contributed by atoms with Crippen molar-refractivity contribution in [2.75, 3.05) is 6.54 Å². The van der Waals surface area contributed by atoms with Crippen LogP contribution < -0.4 is 5.73 Å². The van der Waals surface area contributed by atoms with Crippen LogP contribution in [0.25, 0.3) is 0 Å². The predicted molar refractivity (Wildman–Crippen MR) is 74.7 cm³/mol. The van der Waals surface area contributed by atoms with Gasteiger partial charge in [0.2, 0.25) is 0 Å². The molecule has 2 heterocycles. The molecule has 96 valence electrons. The molecular weight excluding hydrogens is 244 g/mol. The minimum absolute atomic E-state index is 0.0953. The lowest BCUT2D eigenvalue weighted by Gasteiger charge is -2.20. The predicted octanol–water partition coefficient (Wildman–Crippen LogP) is 2.48. The van der Waals surface area contributed by atoms with Gasteiger partial charge >= 0.3 is 0 Å². The third kappa shape index (κ3) is 2.77. The van der Waals surface area contributed by atoms with Gasteiger partial charge in [-0.25, -0.2) is 0 Å². The van der Waals surface area contributed by atoms with Crippen molar-refractivity contribution in [3.05, 3.63) is 52.0 Å². The smallest absolute Gasteiger partial charge is 0.0963 e. The number of aromatic nitrogens is 1. The Morgan fingerprint density at radius 3 is 2.78 bits per heavy atom. The fourth-order valence-electron chi connectivity index (χ4n) is 1.98. The number of rotatable bonds is 5. The normalized spacial score (nSPS) is 14.4. The van der Waals surface area contributed by atoms with Gasteiger partial charge in [-0.15, -0.1) is 11.3 Å². The zero-order valence-electron chi connectivity index (χ0n) is 10.4. The monoisotopic (exact) mass is 262 g/mol. The molecule has 0 aliphatic rings. The molecule has 4 heteroatoms. The van der Waals surface area contributed by atoms with E-state index in [2.05, 4.69) is 18.0 Å². The quantitative estimate of drug-likeness (QED) is 0.870. The first-order valence-electron chi connectivity index (χ1n) is 6.13. The standard InChI is InChI=1S/C14H18N2OS/c1-2-11-5-6-13(18-11)14(17)12(8-15)10-4-3-7-16-9-10/h3-7,9,12,14,17H,2,8,15H2,1H3. The lowest BCUT2D eigenvalue weighted by atomic mass is 9.94. The molecule has 0 saturated carbocycles. The maximum absolute atomic E-state index is 10.4. The van der Waals surface area contributed by atoms with Crippen LogP contribution in [0.4, 0.5) is 0 Å². The minimum Gasteiger partial charge on any atom is -0.387 e. The average molecular weight is 262 g/mol. The van der Waals surface area contributed by atoms with Crippen molar-refractivity contribution in [1.29, 1.82) is 0 Å². The molecule has 3 N–H and O–H groups in total. The highest BCUT2D eigenvalue weighted by Crippen LogP contribution is 2.33. The number of aliphatic hydroxyl groups is 1. The van der Waals surface area contributed by atoms with E-state index >= 15 is 0 Å². The Morgan fingerprint density at radius 2 is 2.22 bits per heavy atom. The van der Waals surface area contributed by atoms with Crippen LogP contribution in [0.15, 0.2) is 36.7 Å². The van der Waals surface area contributed by atoms with Crippen molar-refractivity contribution in [2.24, 2.45) is 5.73 Å². The van der Waals surface area contributed by atoms with Crippen molar-refractivity contribution >= 4 is 11.3 Å². The number of hydrogen-bond acceptors (Lipinski definition) is 4. The molecule has 0 radical (unpaired) electrons. The molecule has 0 bridgehead atoms.